The van der Waals surface area contributed by atoms with Crippen molar-refractivity contribution in [3.63, 3.8) is 0 Å². The van der Waals surface area contributed by atoms with Crippen molar-refractivity contribution in [3.8, 4) is 0 Å². The van der Waals surface area contributed by atoms with Crippen LogP contribution in [0.5, 0.6) is 0 Å². The summed E-state index contributed by atoms with van der Waals surface area (Å²) in [5.74, 6) is -4.18. The molecule has 3 amide bonds. The summed E-state index contributed by atoms with van der Waals surface area (Å²) in [5, 5.41) is 3.82. The van der Waals surface area contributed by atoms with Crippen LogP contribution in [0.4, 0.5) is 0 Å². The molecule has 25 heavy (non-hydrogen) atoms. The van der Waals surface area contributed by atoms with Gasteiger partial charge in [0.2, 0.25) is 5.91 Å². The molecule has 2 aromatic carbocycles. The molecule has 2 atom stereocenters. The molecule has 7 heteroatoms. The van der Waals surface area contributed by atoms with Crippen LogP contribution in [-0.2, 0) is 24.7 Å². The maximum Gasteiger partial charge on any atom is 0.321 e. The first-order chi connectivity index (χ1) is 11.9. The molecule has 2 aromatic rings. The molecule has 126 valence electrons. The maximum absolute atomic E-state index is 12.8. The Hall–Kier alpha value is -3.22. The van der Waals surface area contributed by atoms with Gasteiger partial charge in [0.25, 0.3) is 11.8 Å². The number of esters is 1. The van der Waals surface area contributed by atoms with E-state index >= 15 is 0 Å². The number of nitrogens with one attached hydrogen (secondary N) is 1. The van der Waals surface area contributed by atoms with E-state index in [1.165, 1.54) is 11.9 Å². The fraction of sp³-hybridized carbons (Fsp3) is 0.222. The summed E-state index contributed by atoms with van der Waals surface area (Å²) in [6.07, 6.45) is 0. The van der Waals surface area contributed by atoms with Crippen LogP contribution in [-0.4, -0.2) is 42.7 Å². The molecule has 2 unspecified atom stereocenters. The van der Waals surface area contributed by atoms with Crippen LogP contribution in [0.1, 0.15) is 15.9 Å². The molecular formula is C18H14N2O5. The second kappa shape index (κ2) is 4.89. The lowest BCUT2D eigenvalue weighted by Gasteiger charge is -2.33. The van der Waals surface area contributed by atoms with E-state index in [9.17, 15) is 19.2 Å². The van der Waals surface area contributed by atoms with Crippen molar-refractivity contribution in [1.82, 2.24) is 10.2 Å². The van der Waals surface area contributed by atoms with Gasteiger partial charge in [-0.05, 0) is 22.9 Å². The van der Waals surface area contributed by atoms with Gasteiger partial charge in [0.1, 0.15) is 0 Å². The lowest BCUT2D eigenvalue weighted by atomic mass is 9.79. The Bertz CT molecular complexity index is 983. The Morgan fingerprint density at radius 3 is 2.44 bits per heavy atom. The quantitative estimate of drug-likeness (QED) is 0.466. The van der Waals surface area contributed by atoms with Gasteiger partial charge in [-0.15, -0.1) is 0 Å². The number of amides is 3. The molecule has 1 fully saturated rings. The second-order valence-corrected chi connectivity index (χ2v) is 6.15. The van der Waals surface area contributed by atoms with Gasteiger partial charge in [0.05, 0.1) is 7.11 Å². The van der Waals surface area contributed by atoms with Crippen molar-refractivity contribution >= 4 is 34.5 Å². The third kappa shape index (κ3) is 1.69. The van der Waals surface area contributed by atoms with Gasteiger partial charge in [0.15, 0.2) is 11.5 Å². The molecule has 0 saturated carbocycles. The SMILES string of the molecule is COC(=O)C1C(=O)NC(=O)C12c1cc3ccccc3cc1C(=O)N2C. The van der Waals surface area contributed by atoms with Crippen molar-refractivity contribution in [3.05, 3.63) is 47.5 Å². The van der Waals surface area contributed by atoms with Crippen molar-refractivity contribution in [1.29, 1.82) is 0 Å². The Balaban J connectivity index is 2.07. The smallest absolute Gasteiger partial charge is 0.321 e. The van der Waals surface area contributed by atoms with Gasteiger partial charge in [-0.1, -0.05) is 24.3 Å². The minimum atomic E-state index is -1.72. The van der Waals surface area contributed by atoms with Crippen molar-refractivity contribution in [2.24, 2.45) is 5.92 Å². The first-order valence-electron chi connectivity index (χ1n) is 7.67. The minimum absolute atomic E-state index is 0.306. The van der Waals surface area contributed by atoms with E-state index in [2.05, 4.69) is 5.32 Å². The summed E-state index contributed by atoms with van der Waals surface area (Å²) in [7, 11) is 2.56. The molecule has 4 rings (SSSR count). The monoisotopic (exact) mass is 338 g/mol. The van der Waals surface area contributed by atoms with E-state index in [-0.39, 0.29) is 0 Å². The molecule has 2 aliphatic rings. The number of fused-ring (bicyclic) bond motifs is 3. The van der Waals surface area contributed by atoms with Gasteiger partial charge < -0.3 is 9.64 Å². The minimum Gasteiger partial charge on any atom is -0.468 e. The van der Waals surface area contributed by atoms with Crippen molar-refractivity contribution < 1.29 is 23.9 Å². The van der Waals surface area contributed by atoms with E-state index in [1.807, 2.05) is 24.3 Å². The van der Waals surface area contributed by atoms with Gasteiger partial charge >= 0.3 is 5.97 Å². The number of likely N-dealkylation sites (N-methyl/N-ethyl adjacent to an activating group) is 1. The van der Waals surface area contributed by atoms with Crippen LogP contribution >= 0.6 is 0 Å². The van der Waals surface area contributed by atoms with Crippen LogP contribution in [0.15, 0.2) is 36.4 Å². The number of benzene rings is 2. The van der Waals surface area contributed by atoms with Gasteiger partial charge in [-0.3, -0.25) is 24.5 Å². The molecule has 1 saturated heterocycles. The highest BCUT2D eigenvalue weighted by atomic mass is 16.5. The summed E-state index contributed by atoms with van der Waals surface area (Å²) in [6.45, 7) is 0. The van der Waals surface area contributed by atoms with Crippen LogP contribution in [0.2, 0.25) is 0 Å². The highest BCUT2D eigenvalue weighted by molar-refractivity contribution is 6.22. The lowest BCUT2D eigenvalue weighted by molar-refractivity contribution is -0.154. The number of rotatable bonds is 1. The number of hydrogen-bond donors (Lipinski definition) is 1. The number of imide groups is 1. The van der Waals surface area contributed by atoms with Crippen LogP contribution < -0.4 is 5.32 Å². The summed E-state index contributed by atoms with van der Waals surface area (Å²) in [6, 6.07) is 10.7. The zero-order chi connectivity index (χ0) is 17.9. The summed E-state index contributed by atoms with van der Waals surface area (Å²) in [5.41, 5.74) is -1.07. The number of ether oxygens (including phenoxy) is 1. The average molecular weight is 338 g/mol. The largest absolute Gasteiger partial charge is 0.468 e. The fourth-order valence-corrected chi connectivity index (χ4v) is 3.87. The molecule has 0 bridgehead atoms. The lowest BCUT2D eigenvalue weighted by Crippen LogP contribution is -2.53. The second-order valence-electron chi connectivity index (χ2n) is 6.15. The number of hydrogen-bond acceptors (Lipinski definition) is 5. The molecule has 2 heterocycles. The molecule has 1 N–H and O–H groups in total. The Morgan fingerprint density at radius 2 is 1.80 bits per heavy atom. The number of carbonyl (C=O) groups excluding carboxylic acids is 4. The maximum atomic E-state index is 12.8. The first-order valence-corrected chi connectivity index (χ1v) is 7.67. The van der Waals surface area contributed by atoms with E-state index in [1.54, 1.807) is 12.1 Å². The van der Waals surface area contributed by atoms with Crippen LogP contribution in [0.3, 0.4) is 0 Å². The van der Waals surface area contributed by atoms with Crippen LogP contribution in [0, 0.1) is 5.92 Å². The molecule has 7 nitrogen and oxygen atoms in total. The number of carbonyl (C=O) groups is 4. The van der Waals surface area contributed by atoms with Crippen molar-refractivity contribution in [2.75, 3.05) is 14.2 Å². The van der Waals surface area contributed by atoms with E-state index in [0.717, 1.165) is 17.9 Å². The van der Waals surface area contributed by atoms with Gasteiger partial charge in [0, 0.05) is 18.2 Å². The van der Waals surface area contributed by atoms with Crippen LogP contribution in [0.25, 0.3) is 10.8 Å². The first kappa shape index (κ1) is 15.3. The predicted octanol–water partition coefficient (Wildman–Crippen LogP) is 0.566. The highest BCUT2D eigenvalue weighted by Crippen LogP contribution is 2.48. The standard InChI is InChI=1S/C18H14N2O5/c1-20-15(22)11-7-9-5-3-4-6-10(9)8-12(11)18(20)13(16(23)25-2)14(21)19-17(18)24/h3-8,13H,1-2H3,(H,19,21,24). The fourth-order valence-electron chi connectivity index (χ4n) is 3.87. The third-order valence-electron chi connectivity index (χ3n) is 5.06. The summed E-state index contributed by atoms with van der Waals surface area (Å²) < 4.78 is 4.74. The topological polar surface area (TPSA) is 92.8 Å². The predicted molar refractivity (Wildman–Crippen MR) is 86.4 cm³/mol. The zero-order valence-electron chi connectivity index (χ0n) is 13.5. The molecule has 2 aliphatic heterocycles. The average Bonchev–Trinajstić information content (AvgIpc) is 2.99. The summed E-state index contributed by atoms with van der Waals surface area (Å²) >= 11 is 0. The molecule has 1 spiro atoms. The van der Waals surface area contributed by atoms with Crippen molar-refractivity contribution in [2.45, 2.75) is 5.54 Å². The highest BCUT2D eigenvalue weighted by Gasteiger charge is 2.67. The Morgan fingerprint density at radius 1 is 1.16 bits per heavy atom. The molecule has 0 aliphatic carbocycles. The Kier molecular flexibility index (Phi) is 3.00. The van der Waals surface area contributed by atoms with Gasteiger partial charge in [-0.2, -0.15) is 0 Å². The zero-order valence-corrected chi connectivity index (χ0v) is 13.5. The molecular weight excluding hydrogens is 324 g/mol. The van der Waals surface area contributed by atoms with Gasteiger partial charge in [-0.25, -0.2) is 0 Å². The van der Waals surface area contributed by atoms with E-state index in [0.29, 0.717) is 11.1 Å². The number of nitrogens with zero attached hydrogens (tertiary/aromatic N) is 1. The third-order valence-corrected chi connectivity index (χ3v) is 5.06. The van der Waals surface area contributed by atoms with E-state index in [4.69, 9.17) is 4.74 Å². The summed E-state index contributed by atoms with van der Waals surface area (Å²) in [4.78, 5) is 51.3. The Labute approximate surface area is 142 Å². The molecule has 0 radical (unpaired) electrons. The number of methoxy groups -OCH3 is 1. The normalized spacial score (nSPS) is 24.8. The molecule has 0 aromatic heterocycles. The van der Waals surface area contributed by atoms with E-state index < -0.39 is 35.1 Å².